The number of hydrogen-bond donors (Lipinski definition) is 1. The fourth-order valence-electron chi connectivity index (χ4n) is 2.03. The molecule has 2 aromatic rings. The molecular weight excluding hydrogens is 374 g/mol. The molecule has 0 atom stereocenters. The van der Waals surface area contributed by atoms with Crippen LogP contribution >= 0.6 is 11.6 Å². The molecule has 1 N–H and O–H groups in total. The monoisotopic (exact) mass is 391 g/mol. The molecule has 0 aliphatic heterocycles. The molecule has 27 heavy (non-hydrogen) atoms. The molecule has 0 heterocycles. The minimum absolute atomic E-state index is 0.122. The Labute approximate surface area is 161 Å². The number of hydrogen-bond acceptors (Lipinski definition) is 6. The molecule has 142 valence electrons. The third-order valence-electron chi connectivity index (χ3n) is 3.27. The van der Waals surface area contributed by atoms with Crippen molar-refractivity contribution in [2.24, 2.45) is 0 Å². The van der Waals surface area contributed by atoms with Gasteiger partial charge in [-0.2, -0.15) is 0 Å². The number of alkyl carbamates (subject to hydrolysis) is 1. The summed E-state index contributed by atoms with van der Waals surface area (Å²) in [7, 11) is 0. The van der Waals surface area contributed by atoms with E-state index in [1.807, 2.05) is 17.4 Å². The van der Waals surface area contributed by atoms with Crippen LogP contribution in [0.15, 0.2) is 48.5 Å². The van der Waals surface area contributed by atoms with E-state index in [2.05, 4.69) is 4.74 Å². The van der Waals surface area contributed by atoms with Crippen molar-refractivity contribution in [3.8, 4) is 5.75 Å². The number of rotatable bonds is 7. The molecule has 0 saturated carbocycles. The Morgan fingerprint density at radius 1 is 1.00 bits per heavy atom. The van der Waals surface area contributed by atoms with Crippen molar-refractivity contribution in [1.82, 2.24) is 5.32 Å². The second-order valence-corrected chi connectivity index (χ2v) is 5.69. The summed E-state index contributed by atoms with van der Waals surface area (Å²) in [5.74, 6) is -1.23. The highest BCUT2D eigenvalue weighted by atomic mass is 35.5. The Kier molecular flexibility index (Phi) is 7.63. The molecule has 0 aromatic heterocycles. The van der Waals surface area contributed by atoms with Gasteiger partial charge in [-0.1, -0.05) is 35.9 Å². The van der Waals surface area contributed by atoms with E-state index < -0.39 is 24.6 Å². The first-order chi connectivity index (χ1) is 13.0. The van der Waals surface area contributed by atoms with Gasteiger partial charge in [0.15, 0.2) is 6.61 Å². The molecule has 0 radical (unpaired) electrons. The molecule has 0 unspecified atom stereocenters. The number of amides is 2. The van der Waals surface area contributed by atoms with Crippen LogP contribution in [0.2, 0.25) is 5.02 Å². The third-order valence-corrected chi connectivity index (χ3v) is 3.52. The highest BCUT2D eigenvalue weighted by Gasteiger charge is 2.16. The second-order valence-electron chi connectivity index (χ2n) is 5.26. The Morgan fingerprint density at radius 3 is 2.41 bits per heavy atom. The molecule has 2 amide bonds. The van der Waals surface area contributed by atoms with Crippen LogP contribution in [0.25, 0.3) is 0 Å². The molecule has 7 nitrogen and oxygen atoms in total. The molecule has 0 aliphatic rings. The van der Waals surface area contributed by atoms with Crippen LogP contribution in [0, 0.1) is 0 Å². The number of para-hydroxylation sites is 1. The van der Waals surface area contributed by atoms with Gasteiger partial charge in [-0.25, -0.2) is 9.59 Å². The Morgan fingerprint density at radius 2 is 1.70 bits per heavy atom. The van der Waals surface area contributed by atoms with E-state index in [0.717, 1.165) is 5.56 Å². The number of imide groups is 1. The van der Waals surface area contributed by atoms with E-state index >= 15 is 0 Å². The summed E-state index contributed by atoms with van der Waals surface area (Å²) in [6.07, 6.45) is -0.898. The molecule has 8 heteroatoms. The largest absolute Gasteiger partial charge is 0.488 e. The first kappa shape index (κ1) is 20.3. The van der Waals surface area contributed by atoms with Gasteiger partial charge in [0.2, 0.25) is 0 Å². The van der Waals surface area contributed by atoms with E-state index in [1.54, 1.807) is 37.3 Å². The first-order valence-corrected chi connectivity index (χ1v) is 8.47. The minimum Gasteiger partial charge on any atom is -0.488 e. The van der Waals surface area contributed by atoms with Crippen LogP contribution in [-0.4, -0.2) is 31.2 Å². The lowest BCUT2D eigenvalue weighted by Gasteiger charge is -2.11. The van der Waals surface area contributed by atoms with Gasteiger partial charge in [0, 0.05) is 5.02 Å². The third kappa shape index (κ3) is 6.63. The zero-order chi connectivity index (χ0) is 19.6. The minimum atomic E-state index is -0.898. The van der Waals surface area contributed by atoms with Gasteiger partial charge >= 0.3 is 12.1 Å². The number of benzene rings is 2. The topological polar surface area (TPSA) is 90.9 Å². The summed E-state index contributed by atoms with van der Waals surface area (Å²) < 4.78 is 15.2. The van der Waals surface area contributed by atoms with Gasteiger partial charge < -0.3 is 14.2 Å². The number of ether oxygens (including phenoxy) is 3. The summed E-state index contributed by atoms with van der Waals surface area (Å²) in [4.78, 5) is 34.9. The zero-order valence-electron chi connectivity index (χ0n) is 14.6. The van der Waals surface area contributed by atoms with Crippen molar-refractivity contribution >= 4 is 29.6 Å². The predicted molar refractivity (Wildman–Crippen MR) is 97.7 cm³/mol. The molecule has 0 spiro atoms. The van der Waals surface area contributed by atoms with Gasteiger partial charge in [0.05, 0.1) is 6.61 Å². The number of carbonyl (C=O) groups is 3. The first-order valence-electron chi connectivity index (χ1n) is 8.09. The van der Waals surface area contributed by atoms with Crippen LogP contribution in [-0.2, 0) is 20.9 Å². The van der Waals surface area contributed by atoms with Crippen molar-refractivity contribution in [1.29, 1.82) is 0 Å². The average molecular weight is 392 g/mol. The lowest BCUT2D eigenvalue weighted by molar-refractivity contribution is -0.123. The maximum Gasteiger partial charge on any atom is 0.413 e. The molecule has 0 aliphatic carbocycles. The van der Waals surface area contributed by atoms with Gasteiger partial charge in [-0.15, -0.1) is 0 Å². The van der Waals surface area contributed by atoms with Crippen LogP contribution in [0.1, 0.15) is 22.8 Å². The fourth-order valence-corrected chi connectivity index (χ4v) is 2.15. The van der Waals surface area contributed by atoms with Crippen molar-refractivity contribution < 1.29 is 28.6 Å². The lowest BCUT2D eigenvalue weighted by Crippen LogP contribution is -2.34. The number of esters is 1. The Bertz CT molecular complexity index is 806. The van der Waals surface area contributed by atoms with Crippen LogP contribution in [0.3, 0.4) is 0 Å². The maximum atomic E-state index is 12.2. The van der Waals surface area contributed by atoms with E-state index in [4.69, 9.17) is 21.1 Å². The van der Waals surface area contributed by atoms with E-state index in [0.29, 0.717) is 10.8 Å². The van der Waals surface area contributed by atoms with Crippen molar-refractivity contribution in [2.75, 3.05) is 13.2 Å². The molecular formula is C19H18ClNO6. The summed E-state index contributed by atoms with van der Waals surface area (Å²) in [6.45, 7) is 1.33. The van der Waals surface area contributed by atoms with Crippen LogP contribution in [0.4, 0.5) is 4.79 Å². The predicted octanol–water partition coefficient (Wildman–Crippen LogP) is 3.35. The van der Waals surface area contributed by atoms with Crippen LogP contribution in [0.5, 0.6) is 5.75 Å². The quantitative estimate of drug-likeness (QED) is 0.728. The smallest absolute Gasteiger partial charge is 0.413 e. The molecule has 2 rings (SSSR count). The number of halogens is 1. The van der Waals surface area contributed by atoms with Crippen molar-refractivity contribution in [2.45, 2.75) is 13.5 Å². The van der Waals surface area contributed by atoms with Gasteiger partial charge in [0.1, 0.15) is 17.9 Å². The fraction of sp³-hybridized carbons (Fsp3) is 0.211. The molecule has 2 aromatic carbocycles. The van der Waals surface area contributed by atoms with E-state index in [9.17, 15) is 14.4 Å². The van der Waals surface area contributed by atoms with Crippen molar-refractivity contribution in [3.63, 3.8) is 0 Å². The highest BCUT2D eigenvalue weighted by Crippen LogP contribution is 2.21. The zero-order valence-corrected chi connectivity index (χ0v) is 15.3. The molecule has 0 bridgehead atoms. The van der Waals surface area contributed by atoms with Crippen LogP contribution < -0.4 is 10.1 Å². The van der Waals surface area contributed by atoms with Gasteiger partial charge in [-0.05, 0) is 36.8 Å². The average Bonchev–Trinajstić information content (AvgIpc) is 2.66. The second kappa shape index (κ2) is 10.2. The Hall–Kier alpha value is -3.06. The number of carbonyl (C=O) groups excluding carboxylic acids is 3. The summed E-state index contributed by atoms with van der Waals surface area (Å²) in [5, 5.41) is 2.55. The van der Waals surface area contributed by atoms with Crippen molar-refractivity contribution in [3.05, 3.63) is 64.7 Å². The lowest BCUT2D eigenvalue weighted by atomic mass is 10.2. The van der Waals surface area contributed by atoms with E-state index in [1.165, 1.54) is 6.07 Å². The molecule has 0 fully saturated rings. The summed E-state index contributed by atoms with van der Waals surface area (Å²) in [6, 6.07) is 13.6. The standard InChI is InChI=1S/C19H18ClNO6/c1-2-25-19(24)21-17(22)12-27-18(23)15-5-3-4-6-16(15)26-11-13-7-9-14(20)10-8-13/h3-10H,2,11-12H2,1H3,(H,21,22,24). The summed E-state index contributed by atoms with van der Waals surface area (Å²) >= 11 is 5.84. The SMILES string of the molecule is CCOC(=O)NC(=O)COC(=O)c1ccccc1OCc1ccc(Cl)cc1. The van der Waals surface area contributed by atoms with Gasteiger partial charge in [-0.3, -0.25) is 10.1 Å². The normalized spacial score (nSPS) is 10.0. The van der Waals surface area contributed by atoms with E-state index in [-0.39, 0.29) is 18.8 Å². The highest BCUT2D eigenvalue weighted by molar-refractivity contribution is 6.30. The Balaban J connectivity index is 1.93. The van der Waals surface area contributed by atoms with Gasteiger partial charge in [0.25, 0.3) is 5.91 Å². The summed E-state index contributed by atoms with van der Waals surface area (Å²) in [5.41, 5.74) is 1.03. The maximum absolute atomic E-state index is 12.2. The molecule has 0 saturated heterocycles. The number of nitrogens with one attached hydrogen (secondary N) is 1.